The third kappa shape index (κ3) is 7.13. The molecular weight excluding hydrogens is 376 g/mol. The van der Waals surface area contributed by atoms with Crippen molar-refractivity contribution in [2.24, 2.45) is 4.99 Å². The van der Waals surface area contributed by atoms with Gasteiger partial charge in [0.1, 0.15) is 0 Å². The van der Waals surface area contributed by atoms with Crippen molar-refractivity contribution in [3.63, 3.8) is 0 Å². The van der Waals surface area contributed by atoms with Crippen LogP contribution in [0.4, 0.5) is 0 Å². The minimum absolute atomic E-state index is 0.664. The van der Waals surface area contributed by atoms with Gasteiger partial charge in [0.25, 0.3) is 0 Å². The van der Waals surface area contributed by atoms with Crippen LogP contribution in [-0.2, 0) is 35.7 Å². The quantitative estimate of drug-likeness (QED) is 0.492. The van der Waals surface area contributed by atoms with Gasteiger partial charge in [-0.1, -0.05) is 48.5 Å². The zero-order chi connectivity index (χ0) is 21.0. The van der Waals surface area contributed by atoms with Crippen LogP contribution in [0.1, 0.15) is 29.2 Å². The minimum Gasteiger partial charge on any atom is -0.379 e. The third-order valence-electron chi connectivity index (χ3n) is 5.24. The topological polar surface area (TPSA) is 58.1 Å². The van der Waals surface area contributed by atoms with Gasteiger partial charge in [-0.2, -0.15) is 0 Å². The number of benzene rings is 2. The molecule has 0 bridgehead atoms. The Hall–Kier alpha value is -2.41. The lowest BCUT2D eigenvalue weighted by Crippen LogP contribution is -2.37. The van der Waals surface area contributed by atoms with Crippen molar-refractivity contribution in [3.8, 4) is 0 Å². The molecule has 0 radical (unpaired) electrons. The number of hydrogen-bond donors (Lipinski definition) is 2. The minimum atomic E-state index is 0.664. The number of hydrogen-bond acceptors (Lipinski definition) is 4. The first-order valence-corrected chi connectivity index (χ1v) is 10.8. The van der Waals surface area contributed by atoms with Crippen molar-refractivity contribution in [2.75, 3.05) is 40.0 Å². The summed E-state index contributed by atoms with van der Waals surface area (Å²) >= 11 is 0. The van der Waals surface area contributed by atoms with E-state index in [1.807, 2.05) is 6.92 Å². The molecule has 1 aliphatic rings. The summed E-state index contributed by atoms with van der Waals surface area (Å²) in [6, 6.07) is 17.1. The van der Waals surface area contributed by atoms with E-state index in [9.17, 15) is 0 Å². The molecule has 1 saturated heterocycles. The molecule has 0 atom stereocenters. The molecule has 2 N–H and O–H groups in total. The maximum Gasteiger partial charge on any atom is 0.191 e. The lowest BCUT2D eigenvalue weighted by Gasteiger charge is -2.27. The second kappa shape index (κ2) is 12.3. The summed E-state index contributed by atoms with van der Waals surface area (Å²) in [4.78, 5) is 6.82. The molecule has 1 aliphatic heterocycles. The Morgan fingerprint density at radius 3 is 2.33 bits per heavy atom. The number of guanidine groups is 1. The van der Waals surface area contributed by atoms with E-state index in [1.165, 1.54) is 22.3 Å². The zero-order valence-electron chi connectivity index (χ0n) is 18.2. The van der Waals surface area contributed by atoms with E-state index >= 15 is 0 Å². The molecule has 0 saturated carbocycles. The van der Waals surface area contributed by atoms with E-state index in [1.54, 1.807) is 7.05 Å². The number of rotatable bonds is 9. The molecule has 162 valence electrons. The molecule has 2 aromatic rings. The molecule has 0 aromatic heterocycles. The normalized spacial score (nSPS) is 15.2. The van der Waals surface area contributed by atoms with E-state index in [0.717, 1.165) is 58.5 Å². The molecule has 0 spiro atoms. The van der Waals surface area contributed by atoms with E-state index in [4.69, 9.17) is 9.47 Å². The Kier molecular flexibility index (Phi) is 9.15. The summed E-state index contributed by atoms with van der Waals surface area (Å²) in [5.41, 5.74) is 5.06. The fraction of sp³-hybridized carbons (Fsp3) is 0.458. The molecule has 1 fully saturated rings. The lowest BCUT2D eigenvalue weighted by molar-refractivity contribution is 0.0341. The van der Waals surface area contributed by atoms with Crippen LogP contribution < -0.4 is 10.6 Å². The number of ether oxygens (including phenoxy) is 2. The van der Waals surface area contributed by atoms with Gasteiger partial charge < -0.3 is 20.1 Å². The van der Waals surface area contributed by atoms with Crippen molar-refractivity contribution in [1.82, 2.24) is 15.5 Å². The van der Waals surface area contributed by atoms with Gasteiger partial charge in [-0.05, 0) is 29.2 Å². The van der Waals surface area contributed by atoms with Gasteiger partial charge in [0, 0.05) is 46.4 Å². The van der Waals surface area contributed by atoms with Gasteiger partial charge in [-0.3, -0.25) is 9.89 Å². The highest BCUT2D eigenvalue weighted by atomic mass is 16.5. The fourth-order valence-corrected chi connectivity index (χ4v) is 3.44. The molecular formula is C24H34N4O2. The standard InChI is InChI=1S/C24H34N4O2/c1-3-29-19-21-10-8-20(9-11-21)16-26-24(25-2)27-17-22-6-4-5-7-23(22)18-28-12-14-30-15-13-28/h4-11H,3,12-19H2,1-2H3,(H2,25,26,27). The predicted molar refractivity (Wildman–Crippen MR) is 121 cm³/mol. The van der Waals surface area contributed by atoms with Gasteiger partial charge in [0.15, 0.2) is 5.96 Å². The Morgan fingerprint density at radius 1 is 0.967 bits per heavy atom. The molecule has 6 heteroatoms. The molecule has 0 unspecified atom stereocenters. The maximum atomic E-state index is 5.46. The van der Waals surface area contributed by atoms with Crippen molar-refractivity contribution < 1.29 is 9.47 Å². The summed E-state index contributed by atoms with van der Waals surface area (Å²) < 4.78 is 10.9. The fourth-order valence-electron chi connectivity index (χ4n) is 3.44. The van der Waals surface area contributed by atoms with E-state index in [0.29, 0.717) is 6.61 Å². The summed E-state index contributed by atoms with van der Waals surface area (Å²) in [6.45, 7) is 9.48. The number of nitrogens with zero attached hydrogens (tertiary/aromatic N) is 2. The summed E-state index contributed by atoms with van der Waals surface area (Å²) in [6.07, 6.45) is 0. The van der Waals surface area contributed by atoms with E-state index in [2.05, 4.69) is 69.1 Å². The van der Waals surface area contributed by atoms with Gasteiger partial charge in [-0.15, -0.1) is 0 Å². The largest absolute Gasteiger partial charge is 0.379 e. The molecule has 1 heterocycles. The first-order chi connectivity index (χ1) is 14.8. The smallest absolute Gasteiger partial charge is 0.191 e. The van der Waals surface area contributed by atoms with Crippen molar-refractivity contribution in [2.45, 2.75) is 33.2 Å². The predicted octanol–water partition coefficient (Wildman–Crippen LogP) is 2.92. The van der Waals surface area contributed by atoms with E-state index < -0.39 is 0 Å². The highest BCUT2D eigenvalue weighted by Crippen LogP contribution is 2.13. The Labute approximate surface area is 180 Å². The van der Waals surface area contributed by atoms with Crippen LogP contribution in [0, 0.1) is 0 Å². The number of aliphatic imine (C=N–C) groups is 1. The second-order valence-corrected chi connectivity index (χ2v) is 7.39. The first kappa shape index (κ1) is 22.3. The summed E-state index contributed by atoms with van der Waals surface area (Å²) in [7, 11) is 1.81. The Bertz CT molecular complexity index is 786. The van der Waals surface area contributed by atoms with Crippen LogP contribution in [0.5, 0.6) is 0 Å². The van der Waals surface area contributed by atoms with Crippen molar-refractivity contribution in [1.29, 1.82) is 0 Å². The molecule has 3 rings (SSSR count). The highest BCUT2D eigenvalue weighted by molar-refractivity contribution is 5.79. The first-order valence-electron chi connectivity index (χ1n) is 10.8. The Balaban J connectivity index is 1.49. The van der Waals surface area contributed by atoms with Crippen molar-refractivity contribution >= 4 is 5.96 Å². The summed E-state index contributed by atoms with van der Waals surface area (Å²) in [5.74, 6) is 0.801. The maximum absolute atomic E-state index is 5.46. The van der Waals surface area contributed by atoms with Crippen LogP contribution >= 0.6 is 0 Å². The van der Waals surface area contributed by atoms with Gasteiger partial charge >= 0.3 is 0 Å². The molecule has 0 aliphatic carbocycles. The SMILES string of the molecule is CCOCc1ccc(CNC(=NC)NCc2ccccc2CN2CCOCC2)cc1. The van der Waals surface area contributed by atoms with Crippen LogP contribution in [0.2, 0.25) is 0 Å². The van der Waals surface area contributed by atoms with Crippen LogP contribution in [0.15, 0.2) is 53.5 Å². The molecule has 6 nitrogen and oxygen atoms in total. The molecule has 0 amide bonds. The highest BCUT2D eigenvalue weighted by Gasteiger charge is 2.12. The molecule has 2 aromatic carbocycles. The van der Waals surface area contributed by atoms with Gasteiger partial charge in [0.2, 0.25) is 0 Å². The van der Waals surface area contributed by atoms with Crippen LogP contribution in [0.3, 0.4) is 0 Å². The summed E-state index contributed by atoms with van der Waals surface area (Å²) in [5, 5.41) is 6.85. The van der Waals surface area contributed by atoms with Crippen LogP contribution in [0.25, 0.3) is 0 Å². The van der Waals surface area contributed by atoms with E-state index in [-0.39, 0.29) is 0 Å². The third-order valence-corrected chi connectivity index (χ3v) is 5.24. The molecule has 30 heavy (non-hydrogen) atoms. The lowest BCUT2D eigenvalue weighted by atomic mass is 10.1. The monoisotopic (exact) mass is 410 g/mol. The average molecular weight is 411 g/mol. The number of morpholine rings is 1. The van der Waals surface area contributed by atoms with Crippen LogP contribution in [-0.4, -0.2) is 50.8 Å². The van der Waals surface area contributed by atoms with Gasteiger partial charge in [0.05, 0.1) is 19.8 Å². The second-order valence-electron chi connectivity index (χ2n) is 7.39. The average Bonchev–Trinajstić information content (AvgIpc) is 2.80. The number of nitrogens with one attached hydrogen (secondary N) is 2. The Morgan fingerprint density at radius 2 is 1.63 bits per heavy atom. The van der Waals surface area contributed by atoms with Crippen molar-refractivity contribution in [3.05, 3.63) is 70.8 Å². The zero-order valence-corrected chi connectivity index (χ0v) is 18.2. The van der Waals surface area contributed by atoms with Gasteiger partial charge in [-0.25, -0.2) is 0 Å².